The molecule has 24 heavy (non-hydrogen) atoms. The molecule has 0 spiro atoms. The largest absolute Gasteiger partial charge is 0.481 e. The Bertz CT molecular complexity index is 684. The van der Waals surface area contributed by atoms with E-state index in [9.17, 15) is 4.79 Å². The first kappa shape index (κ1) is 18.4. The van der Waals surface area contributed by atoms with Crippen molar-refractivity contribution in [1.82, 2.24) is 10.3 Å². The van der Waals surface area contributed by atoms with Crippen LogP contribution >= 0.6 is 11.3 Å². The number of hydrogen-bond donors (Lipinski definition) is 2. The molecule has 0 aliphatic rings. The lowest BCUT2D eigenvalue weighted by molar-refractivity contribution is -0.127. The van der Waals surface area contributed by atoms with Crippen molar-refractivity contribution in [2.75, 3.05) is 0 Å². The number of nitrogens with one attached hydrogen (secondary N) is 1. The number of rotatable bonds is 7. The van der Waals surface area contributed by atoms with Gasteiger partial charge in [-0.15, -0.1) is 11.3 Å². The molecule has 5 nitrogen and oxygen atoms in total. The first-order chi connectivity index (χ1) is 11.4. The molecule has 0 saturated carbocycles. The van der Waals surface area contributed by atoms with Gasteiger partial charge in [0.1, 0.15) is 5.75 Å². The summed E-state index contributed by atoms with van der Waals surface area (Å²) in [5.41, 5.74) is 1.61. The van der Waals surface area contributed by atoms with E-state index in [1.165, 1.54) is 0 Å². The third-order valence-corrected chi connectivity index (χ3v) is 4.76. The molecule has 130 valence electrons. The van der Waals surface area contributed by atoms with Crippen molar-refractivity contribution in [2.24, 2.45) is 0 Å². The van der Waals surface area contributed by atoms with Crippen LogP contribution in [0.3, 0.4) is 0 Å². The summed E-state index contributed by atoms with van der Waals surface area (Å²) < 4.78 is 5.66. The molecule has 2 N–H and O–H groups in total. The van der Waals surface area contributed by atoms with Gasteiger partial charge in [-0.1, -0.05) is 26.0 Å². The van der Waals surface area contributed by atoms with E-state index < -0.39 is 6.10 Å². The highest BCUT2D eigenvalue weighted by atomic mass is 32.1. The SMILES string of the molecule is CC(Oc1cccc(CO)c1)C(=O)NC(C)c1csc(C(C)C)n1. The van der Waals surface area contributed by atoms with E-state index in [1.54, 1.807) is 42.5 Å². The van der Waals surface area contributed by atoms with Crippen LogP contribution in [-0.2, 0) is 11.4 Å². The third kappa shape index (κ3) is 4.79. The number of carbonyl (C=O) groups is 1. The predicted octanol–water partition coefficient (Wildman–Crippen LogP) is 3.40. The van der Waals surface area contributed by atoms with Gasteiger partial charge in [-0.3, -0.25) is 4.79 Å². The van der Waals surface area contributed by atoms with Gasteiger partial charge in [0.15, 0.2) is 6.10 Å². The summed E-state index contributed by atoms with van der Waals surface area (Å²) >= 11 is 1.61. The Morgan fingerprint density at radius 2 is 2.08 bits per heavy atom. The molecule has 1 aromatic heterocycles. The van der Waals surface area contributed by atoms with Crippen molar-refractivity contribution in [1.29, 1.82) is 0 Å². The van der Waals surface area contributed by atoms with E-state index in [0.717, 1.165) is 16.3 Å². The highest BCUT2D eigenvalue weighted by Crippen LogP contribution is 2.23. The zero-order valence-electron chi connectivity index (χ0n) is 14.4. The molecule has 2 rings (SSSR count). The van der Waals surface area contributed by atoms with Crippen LogP contribution in [0.1, 0.15) is 55.9 Å². The first-order valence-electron chi connectivity index (χ1n) is 8.02. The van der Waals surface area contributed by atoms with Crippen molar-refractivity contribution in [3.05, 3.63) is 45.9 Å². The normalized spacial score (nSPS) is 13.6. The molecule has 0 aliphatic carbocycles. The lowest BCUT2D eigenvalue weighted by Crippen LogP contribution is -2.37. The fourth-order valence-electron chi connectivity index (χ4n) is 2.14. The second-order valence-corrected chi connectivity index (χ2v) is 6.95. The fourth-order valence-corrected chi connectivity index (χ4v) is 3.07. The van der Waals surface area contributed by atoms with Gasteiger partial charge >= 0.3 is 0 Å². The minimum atomic E-state index is -0.635. The van der Waals surface area contributed by atoms with Crippen LogP contribution < -0.4 is 10.1 Å². The zero-order valence-corrected chi connectivity index (χ0v) is 15.3. The number of aromatic nitrogens is 1. The number of aliphatic hydroxyl groups excluding tert-OH is 1. The number of amides is 1. The summed E-state index contributed by atoms with van der Waals surface area (Å²) in [6.07, 6.45) is -0.635. The van der Waals surface area contributed by atoms with Crippen LogP contribution in [0.2, 0.25) is 0 Å². The summed E-state index contributed by atoms with van der Waals surface area (Å²) in [5.74, 6) is 0.747. The summed E-state index contributed by atoms with van der Waals surface area (Å²) in [6, 6.07) is 6.91. The lowest BCUT2D eigenvalue weighted by atomic mass is 10.2. The number of carbonyl (C=O) groups excluding carboxylic acids is 1. The Hall–Kier alpha value is -1.92. The zero-order chi connectivity index (χ0) is 17.7. The van der Waals surface area contributed by atoms with Gasteiger partial charge in [-0.05, 0) is 31.5 Å². The maximum absolute atomic E-state index is 12.3. The van der Waals surface area contributed by atoms with Crippen molar-refractivity contribution in [3.8, 4) is 5.75 Å². The molecule has 0 saturated heterocycles. The topological polar surface area (TPSA) is 71.5 Å². The number of nitrogens with zero attached hydrogens (tertiary/aromatic N) is 1. The average Bonchev–Trinajstić information content (AvgIpc) is 3.05. The molecule has 2 atom stereocenters. The standard InChI is InChI=1S/C18H24N2O3S/c1-11(2)18-20-16(10-24-18)12(3)19-17(22)13(4)23-15-7-5-6-14(8-15)9-21/h5-8,10-13,21H,9H2,1-4H3,(H,19,22). The lowest BCUT2D eigenvalue weighted by Gasteiger charge is -2.18. The molecule has 1 amide bonds. The Morgan fingerprint density at radius 1 is 1.33 bits per heavy atom. The van der Waals surface area contributed by atoms with Crippen molar-refractivity contribution < 1.29 is 14.6 Å². The van der Waals surface area contributed by atoms with E-state index >= 15 is 0 Å². The number of ether oxygens (including phenoxy) is 1. The van der Waals surface area contributed by atoms with Crippen molar-refractivity contribution in [3.63, 3.8) is 0 Å². The van der Waals surface area contributed by atoms with E-state index in [1.807, 2.05) is 12.3 Å². The van der Waals surface area contributed by atoms with Gasteiger partial charge in [-0.2, -0.15) is 0 Å². The van der Waals surface area contributed by atoms with E-state index in [2.05, 4.69) is 24.1 Å². The van der Waals surface area contributed by atoms with E-state index in [-0.39, 0.29) is 18.6 Å². The molecule has 2 unspecified atom stereocenters. The average molecular weight is 348 g/mol. The Kier molecular flexibility index (Phi) is 6.34. The molecule has 2 aromatic rings. The first-order valence-corrected chi connectivity index (χ1v) is 8.90. The van der Waals surface area contributed by atoms with Crippen molar-refractivity contribution >= 4 is 17.2 Å². The molecule has 0 bridgehead atoms. The van der Waals surface area contributed by atoms with Crippen LogP contribution in [0.5, 0.6) is 5.75 Å². The molecule has 6 heteroatoms. The summed E-state index contributed by atoms with van der Waals surface area (Å²) in [6.45, 7) is 7.76. The van der Waals surface area contributed by atoms with Gasteiger partial charge in [0.05, 0.1) is 23.4 Å². The maximum Gasteiger partial charge on any atom is 0.261 e. The molecule has 1 aromatic carbocycles. The highest BCUT2D eigenvalue weighted by Gasteiger charge is 2.19. The number of hydrogen-bond acceptors (Lipinski definition) is 5. The Balaban J connectivity index is 1.94. The molecule has 1 heterocycles. The van der Waals surface area contributed by atoms with Crippen LogP contribution in [-0.4, -0.2) is 22.1 Å². The quantitative estimate of drug-likeness (QED) is 0.804. The summed E-state index contributed by atoms with van der Waals surface area (Å²) in [4.78, 5) is 16.9. The Morgan fingerprint density at radius 3 is 2.71 bits per heavy atom. The van der Waals surface area contributed by atoms with Crippen LogP contribution in [0.25, 0.3) is 0 Å². The number of thiazole rings is 1. The summed E-state index contributed by atoms with van der Waals surface area (Å²) in [5, 5.41) is 15.1. The van der Waals surface area contributed by atoms with Gasteiger partial charge < -0.3 is 15.2 Å². The fraction of sp³-hybridized carbons (Fsp3) is 0.444. The minimum absolute atomic E-state index is 0.0587. The third-order valence-electron chi connectivity index (χ3n) is 3.60. The molecule has 0 radical (unpaired) electrons. The van der Waals surface area contributed by atoms with Crippen LogP contribution in [0, 0.1) is 0 Å². The molecule has 0 aliphatic heterocycles. The summed E-state index contributed by atoms with van der Waals surface area (Å²) in [7, 11) is 0. The predicted molar refractivity (Wildman–Crippen MR) is 95.2 cm³/mol. The molecule has 0 fully saturated rings. The van der Waals surface area contributed by atoms with Gasteiger partial charge in [-0.25, -0.2) is 4.98 Å². The van der Waals surface area contributed by atoms with Gasteiger partial charge in [0.2, 0.25) is 0 Å². The number of aliphatic hydroxyl groups is 1. The monoisotopic (exact) mass is 348 g/mol. The van der Waals surface area contributed by atoms with Gasteiger partial charge in [0, 0.05) is 11.3 Å². The van der Waals surface area contributed by atoms with Gasteiger partial charge in [0.25, 0.3) is 5.91 Å². The second kappa shape index (κ2) is 8.26. The minimum Gasteiger partial charge on any atom is -0.481 e. The maximum atomic E-state index is 12.3. The van der Waals surface area contributed by atoms with Crippen LogP contribution in [0.4, 0.5) is 0 Å². The van der Waals surface area contributed by atoms with Crippen LogP contribution in [0.15, 0.2) is 29.6 Å². The Labute approximate surface area is 146 Å². The molecular weight excluding hydrogens is 324 g/mol. The second-order valence-electron chi connectivity index (χ2n) is 6.06. The van der Waals surface area contributed by atoms with E-state index in [0.29, 0.717) is 11.7 Å². The number of benzene rings is 1. The van der Waals surface area contributed by atoms with Crippen molar-refractivity contribution in [2.45, 2.75) is 52.4 Å². The highest BCUT2D eigenvalue weighted by molar-refractivity contribution is 7.09. The molecular formula is C18H24N2O3S. The van der Waals surface area contributed by atoms with E-state index in [4.69, 9.17) is 9.84 Å². The smallest absolute Gasteiger partial charge is 0.261 e.